The molecule has 2 saturated heterocycles. The largest absolute Gasteiger partial charge is 0.497 e. The van der Waals surface area contributed by atoms with Gasteiger partial charge in [-0.1, -0.05) is 26.0 Å². The summed E-state index contributed by atoms with van der Waals surface area (Å²) < 4.78 is 21.7. The van der Waals surface area contributed by atoms with Gasteiger partial charge >= 0.3 is 0 Å². The lowest BCUT2D eigenvalue weighted by molar-refractivity contribution is -0.135. The van der Waals surface area contributed by atoms with Crippen molar-refractivity contribution in [2.75, 3.05) is 68.9 Å². The molecule has 3 aliphatic rings. The Labute approximate surface area is 240 Å². The molecule has 1 aromatic carbocycles. The molecule has 2 fully saturated rings. The van der Waals surface area contributed by atoms with E-state index >= 15 is 0 Å². The zero-order chi connectivity index (χ0) is 29.7. The number of amides is 1. The molecule has 40 heavy (non-hydrogen) atoms. The average molecular weight is 560 g/mol. The number of benzene rings is 1. The topological polar surface area (TPSA) is 83.9 Å². The van der Waals surface area contributed by atoms with Gasteiger partial charge in [-0.3, -0.25) is 14.6 Å². The number of nitrogens with zero attached hydrogens (tertiary/aromatic N) is 3. The summed E-state index contributed by atoms with van der Waals surface area (Å²) in [6, 6.07) is 5.99. The van der Waals surface area contributed by atoms with Gasteiger partial charge in [0.25, 0.3) is 0 Å². The van der Waals surface area contributed by atoms with Crippen LogP contribution >= 0.6 is 0 Å². The molecule has 1 spiro atoms. The van der Waals surface area contributed by atoms with Gasteiger partial charge in [0.2, 0.25) is 5.91 Å². The molecule has 1 atom stereocenters. The van der Waals surface area contributed by atoms with E-state index in [-0.39, 0.29) is 12.0 Å². The second kappa shape index (κ2) is 16.4. The number of piperidine rings is 1. The smallest absolute Gasteiger partial charge is 0.244 e. The van der Waals surface area contributed by atoms with Gasteiger partial charge in [0.1, 0.15) is 22.8 Å². The maximum atomic E-state index is 13.6. The summed E-state index contributed by atoms with van der Waals surface area (Å²) in [5, 5.41) is 7.00. The third-order valence-corrected chi connectivity index (χ3v) is 7.63. The third-order valence-electron chi connectivity index (χ3n) is 7.63. The molecule has 9 heteroatoms. The van der Waals surface area contributed by atoms with E-state index in [4.69, 9.17) is 24.1 Å². The highest BCUT2D eigenvalue weighted by molar-refractivity contribution is 5.88. The van der Waals surface area contributed by atoms with Crippen molar-refractivity contribution in [3.05, 3.63) is 59.4 Å². The van der Waals surface area contributed by atoms with Gasteiger partial charge < -0.3 is 29.0 Å². The Morgan fingerprint density at radius 2 is 1.60 bits per heavy atom. The number of allylic oxidation sites excluding steroid dienone is 2. The Hall–Kier alpha value is -2.85. The lowest BCUT2D eigenvalue weighted by atomic mass is 9.86. The molecule has 1 aliphatic carbocycles. The van der Waals surface area contributed by atoms with Gasteiger partial charge in [0.15, 0.2) is 0 Å². The van der Waals surface area contributed by atoms with Crippen LogP contribution in [0.3, 0.4) is 0 Å². The summed E-state index contributed by atoms with van der Waals surface area (Å²) in [7, 11) is 9.77. The van der Waals surface area contributed by atoms with E-state index in [1.165, 1.54) is 0 Å². The molecule has 1 amide bonds. The average Bonchev–Trinajstić information content (AvgIpc) is 3.13. The molecule has 4 rings (SSSR count). The highest BCUT2D eigenvalue weighted by Gasteiger charge is 2.51. The van der Waals surface area contributed by atoms with Gasteiger partial charge in [0.05, 0.1) is 34.1 Å². The maximum Gasteiger partial charge on any atom is 0.244 e. The molecule has 9 nitrogen and oxygen atoms in total. The number of hydrogen-bond donors (Lipinski definition) is 1. The quantitative estimate of drug-likeness (QED) is 0.489. The summed E-state index contributed by atoms with van der Waals surface area (Å²) in [6.07, 6.45) is 10.4. The fourth-order valence-corrected chi connectivity index (χ4v) is 5.39. The Balaban J connectivity index is 0.00000134. The predicted molar refractivity (Wildman–Crippen MR) is 158 cm³/mol. The van der Waals surface area contributed by atoms with E-state index in [1.807, 2.05) is 43.0 Å². The van der Waals surface area contributed by atoms with Crippen LogP contribution in [0.15, 0.2) is 53.8 Å². The van der Waals surface area contributed by atoms with Gasteiger partial charge in [0, 0.05) is 46.5 Å². The number of carbonyl (C=O) groups excluding carboxylic acids is 1. The van der Waals surface area contributed by atoms with Crippen molar-refractivity contribution in [3.63, 3.8) is 0 Å². The van der Waals surface area contributed by atoms with Crippen LogP contribution in [0.25, 0.3) is 0 Å². The Morgan fingerprint density at radius 3 is 2.15 bits per heavy atom. The Bertz CT molecular complexity index is 1010. The van der Waals surface area contributed by atoms with Crippen LogP contribution in [0.1, 0.15) is 38.7 Å². The molecule has 1 N–H and O–H groups in total. The number of methoxy groups -OCH3 is 4. The van der Waals surface area contributed by atoms with Crippen LogP contribution in [0, 0.1) is 0 Å². The van der Waals surface area contributed by atoms with Gasteiger partial charge in [-0.2, -0.15) is 0 Å². The van der Waals surface area contributed by atoms with E-state index in [0.29, 0.717) is 13.2 Å². The summed E-state index contributed by atoms with van der Waals surface area (Å²) in [4.78, 5) is 20.3. The first-order valence-electron chi connectivity index (χ1n) is 14.0. The van der Waals surface area contributed by atoms with Gasteiger partial charge in [-0.25, -0.2) is 0 Å². The first-order valence-corrected chi connectivity index (χ1v) is 14.0. The van der Waals surface area contributed by atoms with Crippen molar-refractivity contribution in [3.8, 4) is 11.5 Å². The SMILES string of the molecule is CC.CO.COC1=CC(OC)C=CC(CCN2CN(C)C3(CCN(Cc4cc(OC)cc(OC)c4)CC3)C2=O)=C1. The fraction of sp³-hybridized carbons (Fsp3) is 0.581. The molecule has 0 bridgehead atoms. The van der Waals surface area contributed by atoms with Crippen molar-refractivity contribution in [2.45, 2.75) is 51.3 Å². The predicted octanol–water partition coefficient (Wildman–Crippen LogP) is 3.84. The highest BCUT2D eigenvalue weighted by Crippen LogP contribution is 2.36. The summed E-state index contributed by atoms with van der Waals surface area (Å²) in [5.74, 6) is 2.62. The van der Waals surface area contributed by atoms with E-state index in [1.54, 1.807) is 28.4 Å². The minimum Gasteiger partial charge on any atom is -0.497 e. The number of aliphatic hydroxyl groups excluding tert-OH is 1. The highest BCUT2D eigenvalue weighted by atomic mass is 16.5. The first-order chi connectivity index (χ1) is 19.4. The van der Waals surface area contributed by atoms with E-state index in [0.717, 1.165) is 74.4 Å². The molecule has 1 aromatic rings. The van der Waals surface area contributed by atoms with Crippen LogP contribution in [0.5, 0.6) is 11.5 Å². The van der Waals surface area contributed by atoms with Crippen molar-refractivity contribution < 1.29 is 28.8 Å². The molecule has 0 radical (unpaired) electrons. The minimum absolute atomic E-state index is 0.111. The van der Waals surface area contributed by atoms with Crippen LogP contribution in [-0.4, -0.2) is 106 Å². The lowest BCUT2D eigenvalue weighted by Gasteiger charge is -2.41. The number of likely N-dealkylation sites (tertiary alicyclic amines) is 1. The van der Waals surface area contributed by atoms with Crippen molar-refractivity contribution in [1.29, 1.82) is 0 Å². The zero-order valence-electron chi connectivity index (χ0n) is 25.6. The normalized spacial score (nSPS) is 20.5. The number of likely N-dealkylation sites (N-methyl/N-ethyl adjacent to an activating group) is 1. The number of aliphatic hydroxyl groups is 1. The van der Waals surface area contributed by atoms with E-state index < -0.39 is 5.54 Å². The first kappa shape index (κ1) is 33.4. The van der Waals surface area contributed by atoms with Crippen molar-refractivity contribution in [1.82, 2.24) is 14.7 Å². The summed E-state index contributed by atoms with van der Waals surface area (Å²) in [5.41, 5.74) is 1.87. The molecule has 224 valence electrons. The van der Waals surface area contributed by atoms with E-state index in [2.05, 4.69) is 35.1 Å². The van der Waals surface area contributed by atoms with Gasteiger partial charge in [-0.05, 0) is 61.7 Å². The third kappa shape index (κ3) is 8.10. The zero-order valence-corrected chi connectivity index (χ0v) is 25.6. The molecule has 0 saturated carbocycles. The number of ether oxygens (including phenoxy) is 4. The second-order valence-corrected chi connectivity index (χ2v) is 9.74. The molecular weight excluding hydrogens is 510 g/mol. The Morgan fingerprint density at radius 1 is 0.975 bits per heavy atom. The van der Waals surface area contributed by atoms with Crippen molar-refractivity contribution in [2.24, 2.45) is 0 Å². The monoisotopic (exact) mass is 559 g/mol. The molecule has 2 heterocycles. The van der Waals surface area contributed by atoms with Gasteiger partial charge in [-0.15, -0.1) is 0 Å². The molecular formula is C31H49N3O6. The van der Waals surface area contributed by atoms with Crippen LogP contribution in [0.2, 0.25) is 0 Å². The maximum absolute atomic E-state index is 13.6. The van der Waals surface area contributed by atoms with Crippen LogP contribution in [0.4, 0.5) is 0 Å². The number of hydrogen-bond acceptors (Lipinski definition) is 8. The standard InChI is InChI=1S/C28H39N3O5.C2H6.CH4O/c1-29-20-31(11-8-21-6-7-23(33-2)17-24(14-21)34-3)27(32)28(29)9-12-30(13-10-28)19-22-15-25(35-4)18-26(16-22)36-5;2*1-2/h6-7,14-18,23H,8-13,19-20H2,1-5H3;1-2H3;2H,1H3. The Kier molecular flexibility index (Phi) is 13.7. The molecule has 1 unspecified atom stereocenters. The van der Waals surface area contributed by atoms with Crippen molar-refractivity contribution >= 4 is 5.91 Å². The fourth-order valence-electron chi connectivity index (χ4n) is 5.39. The summed E-state index contributed by atoms with van der Waals surface area (Å²) in [6.45, 7) is 7.90. The summed E-state index contributed by atoms with van der Waals surface area (Å²) >= 11 is 0. The lowest BCUT2D eigenvalue weighted by Crippen LogP contribution is -2.55. The number of rotatable bonds is 9. The molecule has 2 aliphatic heterocycles. The van der Waals surface area contributed by atoms with Crippen LogP contribution in [-0.2, 0) is 20.8 Å². The second-order valence-electron chi connectivity index (χ2n) is 9.74. The van der Waals surface area contributed by atoms with E-state index in [9.17, 15) is 4.79 Å². The van der Waals surface area contributed by atoms with Crippen LogP contribution < -0.4 is 9.47 Å². The minimum atomic E-state index is -0.408. The molecule has 0 aromatic heterocycles. The number of carbonyl (C=O) groups is 1.